The van der Waals surface area contributed by atoms with E-state index in [1.807, 2.05) is 0 Å². The number of aromatic nitrogens is 1. The van der Waals surface area contributed by atoms with Crippen molar-refractivity contribution < 1.29 is 0 Å². The fraction of sp³-hybridized carbons (Fsp3) is 0.0213. The van der Waals surface area contributed by atoms with E-state index in [-0.39, 0.29) is 0 Å². The van der Waals surface area contributed by atoms with Crippen LogP contribution in [0.3, 0.4) is 0 Å². The molecule has 0 aliphatic heterocycles. The van der Waals surface area contributed by atoms with Crippen LogP contribution < -0.4 is 0 Å². The third-order valence-corrected chi connectivity index (χ3v) is 10.5. The maximum Gasteiger partial charge on any atom is 0.0714 e. The maximum absolute atomic E-state index is 2.55. The van der Waals surface area contributed by atoms with Crippen molar-refractivity contribution in [2.24, 2.45) is 0 Å². The van der Waals surface area contributed by atoms with Crippen molar-refractivity contribution in [3.8, 4) is 27.9 Å². The molecule has 1 aliphatic carbocycles. The molecule has 1 aliphatic rings. The van der Waals surface area contributed by atoms with E-state index in [2.05, 4.69) is 193 Å². The van der Waals surface area contributed by atoms with Crippen molar-refractivity contribution in [1.82, 2.24) is 4.57 Å². The van der Waals surface area contributed by atoms with Crippen LogP contribution in [-0.4, -0.2) is 4.57 Å². The Morgan fingerprint density at radius 3 is 1.67 bits per heavy atom. The fourth-order valence-corrected chi connectivity index (χ4v) is 8.58. The van der Waals surface area contributed by atoms with Crippen LogP contribution in [0.2, 0.25) is 0 Å². The van der Waals surface area contributed by atoms with Crippen molar-refractivity contribution in [3.05, 3.63) is 210 Å². The maximum atomic E-state index is 2.55. The Morgan fingerprint density at radius 2 is 0.938 bits per heavy atom. The zero-order valence-corrected chi connectivity index (χ0v) is 26.3. The summed E-state index contributed by atoms with van der Waals surface area (Å²) in [5.41, 5.74) is 13.5. The summed E-state index contributed by atoms with van der Waals surface area (Å²) in [7, 11) is 0. The van der Waals surface area contributed by atoms with Gasteiger partial charge in [-0.25, -0.2) is 0 Å². The molecule has 0 N–H and O–H groups in total. The lowest BCUT2D eigenvalue weighted by Crippen LogP contribution is -2.28. The van der Waals surface area contributed by atoms with E-state index < -0.39 is 5.41 Å². The molecule has 1 heterocycles. The molecular formula is C47H31N. The highest BCUT2D eigenvalue weighted by Crippen LogP contribution is 2.58. The highest BCUT2D eigenvalue weighted by atomic mass is 15.0. The highest BCUT2D eigenvalue weighted by molar-refractivity contribution is 6.17. The molecule has 0 unspecified atom stereocenters. The van der Waals surface area contributed by atoms with Gasteiger partial charge >= 0.3 is 0 Å². The summed E-state index contributed by atoms with van der Waals surface area (Å²) in [6.07, 6.45) is 0. The van der Waals surface area contributed by atoms with E-state index in [0.29, 0.717) is 0 Å². The molecule has 0 bridgehead atoms. The lowest BCUT2D eigenvalue weighted by Gasteiger charge is -2.33. The second kappa shape index (κ2) is 10.4. The van der Waals surface area contributed by atoms with Crippen LogP contribution in [0.5, 0.6) is 0 Å². The Labute approximate surface area is 280 Å². The minimum absolute atomic E-state index is 0.455. The Hall–Kier alpha value is -6.18. The number of hydrogen-bond acceptors (Lipinski definition) is 0. The van der Waals surface area contributed by atoms with Crippen LogP contribution in [0.25, 0.3) is 60.5 Å². The van der Waals surface area contributed by atoms with Gasteiger partial charge in [-0.3, -0.25) is 0 Å². The summed E-state index contributed by atoms with van der Waals surface area (Å²) in [4.78, 5) is 0. The molecule has 0 fully saturated rings. The summed E-state index contributed by atoms with van der Waals surface area (Å²) < 4.78 is 2.55. The standard InChI is InChI=1S/C47H31N/c1-4-16-32(17-5-1)35-29-31-44(37-23-11-10-22-36(35)37)48-43-27-15-13-24-38(43)39-28-30-42-45(46(39)48)40-25-12-14-26-41(40)47(42,33-18-6-2-7-19-33)34-20-8-3-9-21-34/h1-31H. The minimum atomic E-state index is -0.455. The third kappa shape index (κ3) is 3.62. The lowest BCUT2D eigenvalue weighted by atomic mass is 9.67. The van der Waals surface area contributed by atoms with E-state index in [9.17, 15) is 0 Å². The van der Waals surface area contributed by atoms with Crippen molar-refractivity contribution >= 4 is 32.6 Å². The molecule has 0 radical (unpaired) electrons. The monoisotopic (exact) mass is 609 g/mol. The number of benzene rings is 8. The van der Waals surface area contributed by atoms with Gasteiger partial charge in [-0.2, -0.15) is 0 Å². The molecule has 224 valence electrons. The zero-order chi connectivity index (χ0) is 31.7. The highest BCUT2D eigenvalue weighted by Gasteiger charge is 2.47. The summed E-state index contributed by atoms with van der Waals surface area (Å²) in [5, 5.41) is 5.03. The van der Waals surface area contributed by atoms with Gasteiger partial charge in [-0.05, 0) is 56.5 Å². The van der Waals surface area contributed by atoms with Gasteiger partial charge in [-0.1, -0.05) is 176 Å². The molecule has 1 heteroatoms. The number of para-hydroxylation sites is 1. The fourth-order valence-electron chi connectivity index (χ4n) is 8.58. The molecule has 0 saturated carbocycles. The van der Waals surface area contributed by atoms with Gasteiger partial charge in [0.05, 0.1) is 22.1 Å². The minimum Gasteiger partial charge on any atom is -0.308 e. The second-order valence-electron chi connectivity index (χ2n) is 12.8. The predicted octanol–water partition coefficient (Wildman–Crippen LogP) is 12.0. The molecule has 0 saturated heterocycles. The van der Waals surface area contributed by atoms with E-state index in [4.69, 9.17) is 0 Å². The van der Waals surface area contributed by atoms with Crippen LogP contribution in [0, 0.1) is 0 Å². The molecule has 0 amide bonds. The summed E-state index contributed by atoms with van der Waals surface area (Å²) in [6.45, 7) is 0. The largest absolute Gasteiger partial charge is 0.308 e. The summed E-state index contributed by atoms with van der Waals surface area (Å²) >= 11 is 0. The molecule has 1 aromatic heterocycles. The molecular weight excluding hydrogens is 579 g/mol. The van der Waals surface area contributed by atoms with Gasteiger partial charge in [0.1, 0.15) is 0 Å². The van der Waals surface area contributed by atoms with E-state index >= 15 is 0 Å². The quantitative estimate of drug-likeness (QED) is 0.187. The van der Waals surface area contributed by atoms with Crippen LogP contribution >= 0.6 is 0 Å². The van der Waals surface area contributed by atoms with E-state index in [1.165, 1.54) is 82.8 Å². The zero-order valence-electron chi connectivity index (χ0n) is 26.3. The first-order valence-corrected chi connectivity index (χ1v) is 16.7. The van der Waals surface area contributed by atoms with Crippen molar-refractivity contribution in [1.29, 1.82) is 0 Å². The molecule has 48 heavy (non-hydrogen) atoms. The van der Waals surface area contributed by atoms with Gasteiger partial charge in [0, 0.05) is 21.7 Å². The number of nitrogens with zero attached hydrogens (tertiary/aromatic N) is 1. The Morgan fingerprint density at radius 1 is 0.354 bits per heavy atom. The number of rotatable bonds is 4. The SMILES string of the molecule is c1ccc(-c2ccc(-n3c4ccccc4c4ccc5c(c43)-c3ccccc3C5(c3ccccc3)c3ccccc3)c3ccccc23)cc1. The number of fused-ring (bicyclic) bond motifs is 8. The van der Waals surface area contributed by atoms with Crippen molar-refractivity contribution in [2.75, 3.05) is 0 Å². The van der Waals surface area contributed by atoms with E-state index in [1.54, 1.807) is 0 Å². The van der Waals surface area contributed by atoms with Crippen LogP contribution in [0.1, 0.15) is 22.3 Å². The van der Waals surface area contributed by atoms with Gasteiger partial charge in [0.25, 0.3) is 0 Å². The predicted molar refractivity (Wildman–Crippen MR) is 201 cm³/mol. The Balaban J connectivity index is 1.39. The first-order valence-electron chi connectivity index (χ1n) is 16.7. The topological polar surface area (TPSA) is 4.93 Å². The van der Waals surface area contributed by atoms with Crippen molar-refractivity contribution in [3.63, 3.8) is 0 Å². The second-order valence-corrected chi connectivity index (χ2v) is 12.8. The molecule has 8 aromatic carbocycles. The van der Waals surface area contributed by atoms with Crippen molar-refractivity contribution in [2.45, 2.75) is 5.41 Å². The normalized spacial score (nSPS) is 13.2. The Kier molecular flexibility index (Phi) is 5.86. The molecule has 0 atom stereocenters. The molecule has 9 aromatic rings. The summed E-state index contributed by atoms with van der Waals surface area (Å²) in [6, 6.07) is 69.2. The average Bonchev–Trinajstić information content (AvgIpc) is 3.66. The third-order valence-electron chi connectivity index (χ3n) is 10.5. The Bertz CT molecular complexity index is 2610. The summed E-state index contributed by atoms with van der Waals surface area (Å²) in [5.74, 6) is 0. The van der Waals surface area contributed by atoms with Crippen LogP contribution in [0.4, 0.5) is 0 Å². The van der Waals surface area contributed by atoms with Gasteiger partial charge < -0.3 is 4.57 Å². The van der Waals surface area contributed by atoms with Crippen LogP contribution in [-0.2, 0) is 5.41 Å². The average molecular weight is 610 g/mol. The first-order chi connectivity index (χ1) is 23.9. The van der Waals surface area contributed by atoms with E-state index in [0.717, 1.165) is 0 Å². The molecule has 10 rings (SSSR count). The smallest absolute Gasteiger partial charge is 0.0714 e. The lowest BCUT2D eigenvalue weighted by molar-refractivity contribution is 0.769. The van der Waals surface area contributed by atoms with Gasteiger partial charge in [0.15, 0.2) is 0 Å². The first kappa shape index (κ1) is 27.0. The molecule has 0 spiro atoms. The van der Waals surface area contributed by atoms with Gasteiger partial charge in [0.2, 0.25) is 0 Å². The van der Waals surface area contributed by atoms with Gasteiger partial charge in [-0.15, -0.1) is 0 Å². The molecule has 1 nitrogen and oxygen atoms in total. The number of hydrogen-bond donors (Lipinski definition) is 0. The van der Waals surface area contributed by atoms with Crippen LogP contribution in [0.15, 0.2) is 188 Å².